The van der Waals surface area contributed by atoms with E-state index in [1.807, 2.05) is 25.1 Å². The van der Waals surface area contributed by atoms with Gasteiger partial charge in [0.15, 0.2) is 0 Å². The van der Waals surface area contributed by atoms with Gasteiger partial charge >= 0.3 is 0 Å². The molecule has 0 spiro atoms. The number of amides is 1. The minimum Gasteiger partial charge on any atom is -0.472 e. The molecule has 0 aromatic carbocycles. The molecule has 6 rings (SSSR count). The second kappa shape index (κ2) is 6.24. The van der Waals surface area contributed by atoms with Gasteiger partial charge in [0.2, 0.25) is 11.8 Å². The van der Waals surface area contributed by atoms with Crippen molar-refractivity contribution >= 4 is 5.91 Å². The fourth-order valence-corrected chi connectivity index (χ4v) is 6.74. The molecule has 0 radical (unpaired) electrons. The third-order valence-corrected chi connectivity index (χ3v) is 7.34. The van der Waals surface area contributed by atoms with E-state index in [2.05, 4.69) is 9.88 Å². The highest BCUT2D eigenvalue weighted by Crippen LogP contribution is 2.61. The van der Waals surface area contributed by atoms with E-state index < -0.39 is 0 Å². The number of ether oxygens (including phenoxy) is 1. The van der Waals surface area contributed by atoms with Crippen molar-refractivity contribution in [2.24, 2.45) is 23.2 Å². The first-order valence-corrected chi connectivity index (χ1v) is 10.4. The first kappa shape index (κ1) is 16.6. The molecule has 1 aliphatic heterocycles. The lowest BCUT2D eigenvalue weighted by atomic mass is 9.49. The molecule has 1 amide bonds. The third-order valence-electron chi connectivity index (χ3n) is 7.34. The van der Waals surface area contributed by atoms with Gasteiger partial charge in [0.25, 0.3) is 0 Å². The average molecular weight is 354 g/mol. The van der Waals surface area contributed by atoms with E-state index in [0.29, 0.717) is 17.2 Å². The number of aromatic nitrogens is 1. The van der Waals surface area contributed by atoms with Gasteiger partial charge in [-0.1, -0.05) is 6.07 Å². The first-order valence-electron chi connectivity index (χ1n) is 10.4. The van der Waals surface area contributed by atoms with Crippen molar-refractivity contribution in [1.82, 2.24) is 9.88 Å². The molecule has 5 fully saturated rings. The van der Waals surface area contributed by atoms with Gasteiger partial charge in [-0.2, -0.15) is 0 Å². The summed E-state index contributed by atoms with van der Waals surface area (Å²) in [6.45, 7) is 3.53. The molecule has 4 aliphatic carbocycles. The number of carbonyl (C=O) groups excluding carboxylic acids is 1. The molecule has 5 aliphatic rings. The zero-order valence-electron chi connectivity index (χ0n) is 15.8. The summed E-state index contributed by atoms with van der Waals surface area (Å²) in [5.74, 6) is 3.80. The fraction of sp³-hybridized carbons (Fsp3) is 0.727. The quantitative estimate of drug-likeness (QED) is 0.821. The number of aryl methyl sites for hydroxylation is 1. The predicted molar refractivity (Wildman–Crippen MR) is 99.8 cm³/mol. The molecule has 2 heterocycles. The Morgan fingerprint density at radius 1 is 1.19 bits per heavy atom. The molecule has 4 heteroatoms. The Hall–Kier alpha value is -1.58. The van der Waals surface area contributed by atoms with Crippen LogP contribution in [0.4, 0.5) is 0 Å². The summed E-state index contributed by atoms with van der Waals surface area (Å²) in [6.07, 6.45) is 10.0. The molecule has 0 N–H and O–H groups in total. The van der Waals surface area contributed by atoms with Crippen molar-refractivity contribution in [3.8, 4) is 5.88 Å². The van der Waals surface area contributed by atoms with Crippen molar-refractivity contribution in [1.29, 1.82) is 0 Å². The molecule has 1 unspecified atom stereocenters. The Balaban J connectivity index is 1.19. The van der Waals surface area contributed by atoms with Crippen LogP contribution in [0.1, 0.15) is 57.1 Å². The highest BCUT2D eigenvalue weighted by atomic mass is 16.5. The molecular weight excluding hydrogens is 324 g/mol. The summed E-state index contributed by atoms with van der Waals surface area (Å²) >= 11 is 0. The van der Waals surface area contributed by atoms with Gasteiger partial charge in [-0.15, -0.1) is 0 Å². The van der Waals surface area contributed by atoms with Gasteiger partial charge in [0.1, 0.15) is 6.10 Å². The van der Waals surface area contributed by atoms with Gasteiger partial charge in [0.05, 0.1) is 6.54 Å². The van der Waals surface area contributed by atoms with Crippen molar-refractivity contribution in [2.75, 3.05) is 13.1 Å². The number of hydrogen-bond donors (Lipinski definition) is 0. The van der Waals surface area contributed by atoms with Gasteiger partial charge in [-0.05, 0) is 74.7 Å². The maximum atomic E-state index is 13.0. The maximum Gasteiger partial charge on any atom is 0.223 e. The third kappa shape index (κ3) is 3.12. The monoisotopic (exact) mass is 354 g/mol. The summed E-state index contributed by atoms with van der Waals surface area (Å²) in [5.41, 5.74) is 1.30. The first-order chi connectivity index (χ1) is 12.6. The second-order valence-electron chi connectivity index (χ2n) is 9.58. The molecule has 1 aromatic rings. The van der Waals surface area contributed by atoms with E-state index in [0.717, 1.165) is 49.4 Å². The highest BCUT2D eigenvalue weighted by Gasteiger charge is 2.52. The number of pyridine rings is 1. The van der Waals surface area contributed by atoms with Gasteiger partial charge in [-0.3, -0.25) is 4.79 Å². The van der Waals surface area contributed by atoms with E-state index in [4.69, 9.17) is 4.74 Å². The molecule has 140 valence electrons. The predicted octanol–water partition coefficient (Wildman–Crippen LogP) is 3.98. The van der Waals surface area contributed by atoms with Crippen LogP contribution < -0.4 is 4.74 Å². The van der Waals surface area contributed by atoms with Gasteiger partial charge in [0, 0.05) is 31.1 Å². The second-order valence-corrected chi connectivity index (χ2v) is 9.58. The molecule has 26 heavy (non-hydrogen) atoms. The zero-order chi connectivity index (χ0) is 17.7. The number of likely N-dealkylation sites (tertiary alicyclic amines) is 1. The Morgan fingerprint density at radius 3 is 2.54 bits per heavy atom. The van der Waals surface area contributed by atoms with Crippen LogP contribution >= 0.6 is 0 Å². The smallest absolute Gasteiger partial charge is 0.223 e. The van der Waals surface area contributed by atoms with Crippen LogP contribution in [0.2, 0.25) is 0 Å². The lowest BCUT2D eigenvalue weighted by Gasteiger charge is -2.56. The molecule has 1 saturated heterocycles. The van der Waals surface area contributed by atoms with E-state index in [1.165, 1.54) is 38.5 Å². The molecule has 4 nitrogen and oxygen atoms in total. The highest BCUT2D eigenvalue weighted by molar-refractivity contribution is 5.77. The lowest BCUT2D eigenvalue weighted by molar-refractivity contribution is -0.138. The van der Waals surface area contributed by atoms with Crippen LogP contribution in [-0.2, 0) is 4.79 Å². The summed E-state index contributed by atoms with van der Waals surface area (Å²) in [4.78, 5) is 19.5. The van der Waals surface area contributed by atoms with Crippen LogP contribution in [0.25, 0.3) is 0 Å². The summed E-state index contributed by atoms with van der Waals surface area (Å²) in [5, 5.41) is 0. The molecular formula is C22H30N2O2. The van der Waals surface area contributed by atoms with E-state index in [9.17, 15) is 4.79 Å². The van der Waals surface area contributed by atoms with Gasteiger partial charge in [-0.25, -0.2) is 4.98 Å². The van der Waals surface area contributed by atoms with Crippen LogP contribution in [0.5, 0.6) is 5.88 Å². The van der Waals surface area contributed by atoms with Crippen molar-refractivity contribution in [3.63, 3.8) is 0 Å². The Bertz CT molecular complexity index is 666. The average Bonchev–Trinajstić information content (AvgIpc) is 3.02. The van der Waals surface area contributed by atoms with Crippen molar-refractivity contribution in [2.45, 2.75) is 64.4 Å². The SMILES string of the molecule is Cc1cccc(OC2CCN(C(=O)CC34CC5CC(CC(C5)C3)C4)C2)n1. The lowest BCUT2D eigenvalue weighted by Crippen LogP contribution is -2.48. The minimum atomic E-state index is 0.0876. The van der Waals surface area contributed by atoms with E-state index >= 15 is 0 Å². The van der Waals surface area contributed by atoms with Crippen LogP contribution in [-0.4, -0.2) is 35.0 Å². The summed E-state index contributed by atoms with van der Waals surface area (Å²) in [6, 6.07) is 5.86. The van der Waals surface area contributed by atoms with Crippen molar-refractivity contribution in [3.05, 3.63) is 23.9 Å². The Morgan fingerprint density at radius 2 is 1.88 bits per heavy atom. The summed E-state index contributed by atoms with van der Waals surface area (Å²) < 4.78 is 6.03. The molecule has 1 atom stereocenters. The minimum absolute atomic E-state index is 0.0876. The van der Waals surface area contributed by atoms with Crippen LogP contribution in [0.15, 0.2) is 18.2 Å². The van der Waals surface area contributed by atoms with Gasteiger partial charge < -0.3 is 9.64 Å². The largest absolute Gasteiger partial charge is 0.472 e. The number of nitrogens with zero attached hydrogens (tertiary/aromatic N) is 2. The van der Waals surface area contributed by atoms with E-state index in [1.54, 1.807) is 0 Å². The normalized spacial score (nSPS) is 38.0. The van der Waals surface area contributed by atoms with Crippen molar-refractivity contribution < 1.29 is 9.53 Å². The molecule has 4 saturated carbocycles. The standard InChI is InChI=1S/C22H30N2O2/c1-15-3-2-4-20(23-15)26-19-5-6-24(14-19)21(25)13-22-10-16-7-17(11-22)9-18(8-16)12-22/h2-4,16-19H,5-14H2,1H3. The number of carbonyl (C=O) groups is 1. The van der Waals surface area contributed by atoms with E-state index in [-0.39, 0.29) is 6.10 Å². The fourth-order valence-electron chi connectivity index (χ4n) is 6.74. The topological polar surface area (TPSA) is 42.4 Å². The molecule has 4 bridgehead atoms. The van der Waals surface area contributed by atoms with Crippen LogP contribution in [0, 0.1) is 30.1 Å². The Kier molecular flexibility index (Phi) is 3.98. The molecule has 1 aromatic heterocycles. The maximum absolute atomic E-state index is 13.0. The van der Waals surface area contributed by atoms with Crippen LogP contribution in [0.3, 0.4) is 0 Å². The number of rotatable bonds is 4. The zero-order valence-corrected chi connectivity index (χ0v) is 15.8. The number of hydrogen-bond acceptors (Lipinski definition) is 3. The Labute approximate surface area is 156 Å². The summed E-state index contributed by atoms with van der Waals surface area (Å²) in [7, 11) is 0.